The Morgan fingerprint density at radius 2 is 1.58 bits per heavy atom. The van der Waals surface area contributed by atoms with Gasteiger partial charge in [0.25, 0.3) is 11.8 Å². The van der Waals surface area contributed by atoms with Gasteiger partial charge in [-0.15, -0.1) is 0 Å². The highest BCUT2D eigenvalue weighted by Gasteiger charge is 2.11. The highest BCUT2D eigenvalue weighted by molar-refractivity contribution is 5.95. The van der Waals surface area contributed by atoms with Crippen molar-refractivity contribution in [1.29, 1.82) is 0 Å². The molecule has 5 heteroatoms. The van der Waals surface area contributed by atoms with Gasteiger partial charge in [-0.2, -0.15) is 0 Å². The molecule has 0 saturated heterocycles. The van der Waals surface area contributed by atoms with Gasteiger partial charge in [0.1, 0.15) is 0 Å². The van der Waals surface area contributed by atoms with Crippen molar-refractivity contribution in [3.05, 3.63) is 65.7 Å². The lowest BCUT2D eigenvalue weighted by atomic mass is 10.1. The van der Waals surface area contributed by atoms with E-state index in [1.165, 1.54) is 0 Å². The van der Waals surface area contributed by atoms with E-state index in [0.717, 1.165) is 17.7 Å². The number of benzene rings is 2. The van der Waals surface area contributed by atoms with Crippen LogP contribution in [0.2, 0.25) is 0 Å². The second-order valence-electron chi connectivity index (χ2n) is 5.40. The van der Waals surface area contributed by atoms with E-state index < -0.39 is 0 Å². The number of rotatable bonds is 6. The van der Waals surface area contributed by atoms with Gasteiger partial charge in [0, 0.05) is 17.8 Å². The maximum atomic E-state index is 12.1. The molecule has 126 valence electrons. The number of nitrogens with zero attached hydrogens (tertiary/aromatic N) is 1. The van der Waals surface area contributed by atoms with Gasteiger partial charge in [0.05, 0.1) is 6.54 Å². The molecule has 5 nitrogen and oxygen atoms in total. The molecule has 0 aromatic heterocycles. The lowest BCUT2D eigenvalue weighted by molar-refractivity contribution is -0.120. The van der Waals surface area contributed by atoms with Crippen molar-refractivity contribution in [2.45, 2.75) is 20.3 Å². The Balaban J connectivity index is 1.86. The van der Waals surface area contributed by atoms with Gasteiger partial charge in [-0.3, -0.25) is 20.4 Å². The number of amides is 2. The van der Waals surface area contributed by atoms with Crippen molar-refractivity contribution in [3.8, 4) is 0 Å². The molecule has 24 heavy (non-hydrogen) atoms. The van der Waals surface area contributed by atoms with E-state index in [0.29, 0.717) is 12.1 Å². The fourth-order valence-electron chi connectivity index (χ4n) is 2.33. The lowest BCUT2D eigenvalue weighted by Gasteiger charge is -2.22. The predicted octanol–water partition coefficient (Wildman–Crippen LogP) is 2.54. The van der Waals surface area contributed by atoms with Crippen LogP contribution in [0.4, 0.5) is 5.69 Å². The number of carbonyl (C=O) groups excluding carboxylic acids is 2. The molecule has 0 atom stereocenters. The second-order valence-corrected chi connectivity index (χ2v) is 5.40. The van der Waals surface area contributed by atoms with E-state index in [1.807, 2.05) is 54.3 Å². The molecule has 0 radical (unpaired) electrons. The van der Waals surface area contributed by atoms with Gasteiger partial charge in [-0.1, -0.05) is 37.3 Å². The number of hydrogen-bond donors (Lipinski definition) is 2. The molecule has 2 aromatic rings. The van der Waals surface area contributed by atoms with Crippen LogP contribution in [0.1, 0.15) is 29.8 Å². The Labute approximate surface area is 142 Å². The number of nitrogens with one attached hydrogen (secondary N) is 2. The summed E-state index contributed by atoms with van der Waals surface area (Å²) in [6.07, 6.45) is 0.922. The average Bonchev–Trinajstić information content (AvgIpc) is 2.65. The molecule has 2 rings (SSSR count). The Bertz CT molecular complexity index is 669. The first-order valence-corrected chi connectivity index (χ1v) is 8.12. The molecule has 0 bridgehead atoms. The van der Waals surface area contributed by atoms with Gasteiger partial charge in [-0.05, 0) is 43.2 Å². The van der Waals surface area contributed by atoms with Crippen LogP contribution in [0.5, 0.6) is 0 Å². The molecule has 0 unspecified atom stereocenters. The van der Waals surface area contributed by atoms with E-state index in [4.69, 9.17) is 0 Å². The van der Waals surface area contributed by atoms with Crippen LogP contribution in [0.25, 0.3) is 0 Å². The van der Waals surface area contributed by atoms with E-state index in [2.05, 4.69) is 17.8 Å². The summed E-state index contributed by atoms with van der Waals surface area (Å²) in [6.45, 7) is 4.91. The monoisotopic (exact) mass is 325 g/mol. The summed E-state index contributed by atoms with van der Waals surface area (Å²) < 4.78 is 0. The number of likely N-dealkylation sites (N-methyl/N-ethyl adjacent to an activating group) is 1. The lowest BCUT2D eigenvalue weighted by Crippen LogP contribution is -2.46. The van der Waals surface area contributed by atoms with Gasteiger partial charge in [0.2, 0.25) is 0 Å². The van der Waals surface area contributed by atoms with Crippen LogP contribution in [0, 0.1) is 0 Å². The van der Waals surface area contributed by atoms with Gasteiger partial charge < -0.3 is 4.90 Å². The van der Waals surface area contributed by atoms with Crippen LogP contribution < -0.4 is 15.8 Å². The molecule has 0 aliphatic rings. The standard InChI is InChI=1S/C19H23N3O2/c1-3-15-10-12-16(13-11-15)19(24)21-20-18(23)14-22(4-2)17-8-6-5-7-9-17/h5-13H,3-4,14H2,1-2H3,(H,20,23)(H,21,24). The Hall–Kier alpha value is -2.82. The molecule has 0 aliphatic heterocycles. The molecule has 2 aromatic carbocycles. The largest absolute Gasteiger partial charge is 0.362 e. The molecular formula is C19H23N3O2. The summed E-state index contributed by atoms with van der Waals surface area (Å²) >= 11 is 0. The minimum absolute atomic E-state index is 0.176. The third kappa shape index (κ3) is 4.84. The number of carbonyl (C=O) groups is 2. The zero-order valence-electron chi connectivity index (χ0n) is 14.1. The third-order valence-corrected chi connectivity index (χ3v) is 3.78. The summed E-state index contributed by atoms with van der Waals surface area (Å²) in [5.41, 5.74) is 7.57. The van der Waals surface area contributed by atoms with Crippen molar-refractivity contribution in [2.24, 2.45) is 0 Å². The Morgan fingerprint density at radius 3 is 2.17 bits per heavy atom. The molecule has 2 amide bonds. The third-order valence-electron chi connectivity index (χ3n) is 3.78. The van der Waals surface area contributed by atoms with Crippen molar-refractivity contribution >= 4 is 17.5 Å². The fourth-order valence-corrected chi connectivity index (χ4v) is 2.33. The molecule has 0 saturated carbocycles. The minimum Gasteiger partial charge on any atom is -0.362 e. The van der Waals surface area contributed by atoms with Crippen LogP contribution in [0.15, 0.2) is 54.6 Å². The van der Waals surface area contributed by atoms with Crippen LogP contribution >= 0.6 is 0 Å². The highest BCUT2D eigenvalue weighted by Crippen LogP contribution is 2.12. The quantitative estimate of drug-likeness (QED) is 0.802. The zero-order chi connectivity index (χ0) is 17.4. The molecule has 0 spiro atoms. The summed E-state index contributed by atoms with van der Waals surface area (Å²) in [5.74, 6) is -0.590. The van der Waals surface area contributed by atoms with Crippen LogP contribution in [-0.4, -0.2) is 24.9 Å². The maximum absolute atomic E-state index is 12.1. The van der Waals surface area contributed by atoms with E-state index >= 15 is 0 Å². The normalized spacial score (nSPS) is 10.1. The van der Waals surface area contributed by atoms with Crippen molar-refractivity contribution in [3.63, 3.8) is 0 Å². The fraction of sp³-hybridized carbons (Fsp3) is 0.263. The van der Waals surface area contributed by atoms with Gasteiger partial charge in [0.15, 0.2) is 0 Å². The molecule has 0 heterocycles. The minimum atomic E-state index is -0.325. The number of hydrogen-bond acceptors (Lipinski definition) is 3. The van der Waals surface area contributed by atoms with Gasteiger partial charge >= 0.3 is 0 Å². The first-order chi connectivity index (χ1) is 11.6. The van der Waals surface area contributed by atoms with Crippen LogP contribution in [0.3, 0.4) is 0 Å². The Morgan fingerprint density at radius 1 is 0.917 bits per heavy atom. The summed E-state index contributed by atoms with van der Waals surface area (Å²) in [5, 5.41) is 0. The molecular weight excluding hydrogens is 302 g/mol. The maximum Gasteiger partial charge on any atom is 0.269 e. The molecule has 0 aliphatic carbocycles. The topological polar surface area (TPSA) is 61.4 Å². The average molecular weight is 325 g/mol. The number of aryl methyl sites for hydroxylation is 1. The zero-order valence-corrected chi connectivity index (χ0v) is 14.1. The first kappa shape index (κ1) is 17.5. The van der Waals surface area contributed by atoms with E-state index in [9.17, 15) is 9.59 Å². The van der Waals surface area contributed by atoms with E-state index in [1.54, 1.807) is 12.1 Å². The second kappa shape index (κ2) is 8.72. The van der Waals surface area contributed by atoms with Crippen molar-refractivity contribution in [2.75, 3.05) is 18.0 Å². The van der Waals surface area contributed by atoms with Crippen LogP contribution in [-0.2, 0) is 11.2 Å². The number of anilines is 1. The highest BCUT2D eigenvalue weighted by atomic mass is 16.2. The Kier molecular flexibility index (Phi) is 6.37. The SMILES string of the molecule is CCc1ccc(C(=O)NNC(=O)CN(CC)c2ccccc2)cc1. The summed E-state index contributed by atoms with van der Waals surface area (Å²) in [6, 6.07) is 17.0. The number of hydrazine groups is 1. The molecule has 0 fully saturated rings. The summed E-state index contributed by atoms with van der Waals surface area (Å²) in [7, 11) is 0. The number of para-hydroxylation sites is 1. The summed E-state index contributed by atoms with van der Waals surface area (Å²) in [4.78, 5) is 26.0. The predicted molar refractivity (Wildman–Crippen MR) is 95.8 cm³/mol. The van der Waals surface area contributed by atoms with E-state index in [-0.39, 0.29) is 18.4 Å². The van der Waals surface area contributed by atoms with Gasteiger partial charge in [-0.25, -0.2) is 0 Å². The first-order valence-electron chi connectivity index (χ1n) is 8.12. The molecule has 2 N–H and O–H groups in total. The smallest absolute Gasteiger partial charge is 0.269 e. The van der Waals surface area contributed by atoms with Crippen molar-refractivity contribution < 1.29 is 9.59 Å². The van der Waals surface area contributed by atoms with Crippen molar-refractivity contribution in [1.82, 2.24) is 10.9 Å².